The van der Waals surface area contributed by atoms with Gasteiger partial charge in [0.05, 0.1) is 32.0 Å². The Hall–Kier alpha value is -1.65. The maximum Gasteiger partial charge on any atom is 0.335 e. The van der Waals surface area contributed by atoms with E-state index in [2.05, 4.69) is 0 Å². The Labute approximate surface area is 372 Å². The Morgan fingerprint density at radius 3 is 1.23 bits per heavy atom. The smallest absolute Gasteiger partial charge is 0.335 e. The van der Waals surface area contributed by atoms with Crippen molar-refractivity contribution < 1.29 is 149 Å². The van der Waals surface area contributed by atoms with Gasteiger partial charge in [0.25, 0.3) is 0 Å². The van der Waals surface area contributed by atoms with Gasteiger partial charge in [-0.05, 0) is 13.8 Å². The quantitative estimate of drug-likeness (QED) is 0.0768. The van der Waals surface area contributed by atoms with Crippen molar-refractivity contribution >= 4 is 5.97 Å². The first-order valence-electron chi connectivity index (χ1n) is 20.8. The third-order valence-corrected chi connectivity index (χ3v) is 12.3. The van der Waals surface area contributed by atoms with Crippen LogP contribution in [0.25, 0.3) is 0 Å². The monoisotopic (exact) mass is 972 g/mol. The van der Waals surface area contributed by atoms with E-state index >= 15 is 0 Å². The zero-order chi connectivity index (χ0) is 48.8. The summed E-state index contributed by atoms with van der Waals surface area (Å²) < 4.78 is 61.0. The van der Waals surface area contributed by atoms with Crippen LogP contribution in [0.1, 0.15) is 13.8 Å². The van der Waals surface area contributed by atoms with E-state index in [1.807, 2.05) is 0 Å². The molecule has 30 nitrogen and oxygen atoms in total. The minimum Gasteiger partial charge on any atom is -0.479 e. The van der Waals surface area contributed by atoms with Crippen LogP contribution < -0.4 is 0 Å². The van der Waals surface area contributed by atoms with Gasteiger partial charge in [-0.3, -0.25) is 0 Å². The predicted molar refractivity (Wildman–Crippen MR) is 197 cm³/mol. The lowest BCUT2D eigenvalue weighted by Crippen LogP contribution is -2.68. The lowest BCUT2D eigenvalue weighted by Gasteiger charge is -2.50. The Morgan fingerprint density at radius 2 is 0.727 bits per heavy atom. The van der Waals surface area contributed by atoms with Gasteiger partial charge < -0.3 is 144 Å². The van der Waals surface area contributed by atoms with Crippen molar-refractivity contribution in [3.05, 3.63) is 0 Å². The summed E-state index contributed by atoms with van der Waals surface area (Å²) in [6, 6.07) is 0. The Morgan fingerprint density at radius 1 is 0.364 bits per heavy atom. The molecular weight excluding hydrogens is 912 g/mol. The van der Waals surface area contributed by atoms with Crippen LogP contribution in [0.4, 0.5) is 0 Å². The van der Waals surface area contributed by atoms with E-state index < -0.39 is 210 Å². The van der Waals surface area contributed by atoms with Crippen LogP contribution in [-0.4, -0.2) is 302 Å². The van der Waals surface area contributed by atoms with E-state index in [1.165, 1.54) is 13.8 Å². The average Bonchev–Trinajstić information content (AvgIpc) is 3.28. The van der Waals surface area contributed by atoms with Crippen LogP contribution in [-0.2, 0) is 56.9 Å². The molecule has 0 unspecified atom stereocenters. The molecule has 18 N–H and O–H groups in total. The number of ether oxygens (including phenoxy) is 11. The largest absolute Gasteiger partial charge is 0.479 e. The van der Waals surface area contributed by atoms with Gasteiger partial charge in [0, 0.05) is 0 Å². The van der Waals surface area contributed by atoms with E-state index in [-0.39, 0.29) is 0 Å². The second kappa shape index (κ2) is 22.2. The number of carboxylic acid groups (broad SMARTS) is 1. The number of hydrogen-bond acceptors (Lipinski definition) is 29. The molecular formula is C36H60O30. The molecule has 6 heterocycles. The zero-order valence-corrected chi connectivity index (χ0v) is 34.9. The number of hydrogen-bond donors (Lipinski definition) is 18. The highest BCUT2D eigenvalue weighted by atomic mass is 16.8. The van der Waals surface area contributed by atoms with Crippen LogP contribution in [0.15, 0.2) is 0 Å². The first-order valence-corrected chi connectivity index (χ1v) is 20.8. The molecule has 6 fully saturated rings. The highest BCUT2D eigenvalue weighted by Crippen LogP contribution is 2.37. The number of carboxylic acids is 1. The fourth-order valence-electron chi connectivity index (χ4n) is 8.41. The van der Waals surface area contributed by atoms with Gasteiger partial charge in [-0.25, -0.2) is 4.79 Å². The molecule has 6 aliphatic rings. The van der Waals surface area contributed by atoms with E-state index in [4.69, 9.17) is 52.1 Å². The van der Waals surface area contributed by atoms with E-state index in [1.54, 1.807) is 0 Å². The molecule has 30 atom stereocenters. The van der Waals surface area contributed by atoms with Crippen molar-refractivity contribution in [1.29, 1.82) is 0 Å². The fraction of sp³-hybridized carbons (Fsp3) is 0.972. The van der Waals surface area contributed by atoms with Crippen molar-refractivity contribution in [2.24, 2.45) is 0 Å². The van der Waals surface area contributed by atoms with Crippen molar-refractivity contribution in [3.63, 3.8) is 0 Å². The molecule has 0 aromatic heterocycles. The van der Waals surface area contributed by atoms with Crippen LogP contribution in [0.5, 0.6) is 0 Å². The van der Waals surface area contributed by atoms with Gasteiger partial charge in [0.15, 0.2) is 43.8 Å². The zero-order valence-electron chi connectivity index (χ0n) is 34.9. The lowest BCUT2D eigenvalue weighted by atomic mass is 9.95. The van der Waals surface area contributed by atoms with Crippen LogP contribution in [0.2, 0.25) is 0 Å². The van der Waals surface area contributed by atoms with Crippen molar-refractivity contribution in [1.82, 2.24) is 0 Å². The summed E-state index contributed by atoms with van der Waals surface area (Å²) in [5.41, 5.74) is 0. The van der Waals surface area contributed by atoms with Crippen molar-refractivity contribution in [2.75, 3.05) is 19.8 Å². The maximum absolute atomic E-state index is 12.4. The third-order valence-electron chi connectivity index (χ3n) is 12.3. The predicted octanol–water partition coefficient (Wildman–Crippen LogP) is -12.0. The number of aliphatic hydroxyl groups is 17. The van der Waals surface area contributed by atoms with Gasteiger partial charge >= 0.3 is 5.97 Å². The molecule has 0 amide bonds. The summed E-state index contributed by atoms with van der Waals surface area (Å²) in [6.45, 7) is -0.0878. The molecule has 6 aliphatic heterocycles. The second-order valence-corrected chi connectivity index (χ2v) is 16.8. The molecule has 0 aromatic rings. The summed E-state index contributed by atoms with van der Waals surface area (Å²) in [5.74, 6) is -1.87. The molecule has 0 saturated carbocycles. The van der Waals surface area contributed by atoms with Crippen LogP contribution >= 0.6 is 0 Å². The first-order chi connectivity index (χ1) is 31.1. The molecule has 0 spiro atoms. The summed E-state index contributed by atoms with van der Waals surface area (Å²) in [6.07, 6.45) is -56.9. The highest BCUT2D eigenvalue weighted by molar-refractivity contribution is 5.73. The van der Waals surface area contributed by atoms with Gasteiger partial charge in [-0.2, -0.15) is 0 Å². The summed E-state index contributed by atoms with van der Waals surface area (Å²) in [7, 11) is 0. The van der Waals surface area contributed by atoms with E-state index in [0.717, 1.165) is 0 Å². The molecule has 0 aliphatic carbocycles. The summed E-state index contributed by atoms with van der Waals surface area (Å²) in [4.78, 5) is 12.4. The molecule has 6 rings (SSSR count). The highest BCUT2D eigenvalue weighted by Gasteiger charge is 2.58. The summed E-state index contributed by atoms with van der Waals surface area (Å²) in [5, 5.41) is 189. The molecule has 0 radical (unpaired) electrons. The van der Waals surface area contributed by atoms with E-state index in [9.17, 15) is 96.7 Å². The molecule has 0 aromatic carbocycles. The van der Waals surface area contributed by atoms with Gasteiger partial charge in [0.1, 0.15) is 128 Å². The maximum atomic E-state index is 12.4. The van der Waals surface area contributed by atoms with Crippen LogP contribution in [0.3, 0.4) is 0 Å². The van der Waals surface area contributed by atoms with Gasteiger partial charge in [-0.15, -0.1) is 0 Å². The average molecular weight is 973 g/mol. The molecule has 384 valence electrons. The normalized spacial score (nSPS) is 53.9. The van der Waals surface area contributed by atoms with E-state index in [0.29, 0.717) is 0 Å². The summed E-state index contributed by atoms with van der Waals surface area (Å²) >= 11 is 0. The topological polar surface area (TPSA) is 483 Å². The number of rotatable bonds is 14. The molecule has 30 heteroatoms. The molecule has 66 heavy (non-hydrogen) atoms. The van der Waals surface area contributed by atoms with Crippen molar-refractivity contribution in [3.8, 4) is 0 Å². The lowest BCUT2D eigenvalue weighted by molar-refractivity contribution is -0.397. The SMILES string of the molecule is C[C@@H]1O[C@@H](O[C@H]2[C@@H](O[C@@H]3O[C@H](CO)[C@@H](O)[C@H](O[C@@H]4O[C@H](C(=O)O)[C@@H](O[C@H]5O[C@H](CO)[C@H](O)[C@H](O)[C@H]5O)[C@H](O)[C@H]4O)[C@H]3O)[C@H](O)[C@H](O)O[C@H]2C)[C@@H](O)[C@H](O)[C@@H]1O[C@@H]1O[C@H](CO)[C@H](O)[C@H](O)[C@H]1O. The Balaban J connectivity index is 1.16. The number of aliphatic hydroxyl groups excluding tert-OH is 17. The molecule has 6 saturated heterocycles. The second-order valence-electron chi connectivity index (χ2n) is 16.8. The van der Waals surface area contributed by atoms with Crippen LogP contribution in [0, 0.1) is 0 Å². The van der Waals surface area contributed by atoms with Gasteiger partial charge in [0.2, 0.25) is 0 Å². The molecule has 0 bridgehead atoms. The minimum atomic E-state index is -2.31. The number of aliphatic carboxylic acids is 1. The minimum absolute atomic E-state index is 0.795. The standard InChI is InChI=1S/C36H60O30/c1-6-24(61-33-18(47)14(43)11(40)8(3-37)58-33)16(45)20(49)32(57-6)62-25-7(2)56-31(55)22(51)28(25)65-36-23(52)26(13(42)10(5-39)60-36)63-35-21(50)17(46)27(29(66-35)30(53)54)64-34-19(48)15(44)12(41)9(4-38)59-34/h6-29,31-52,55H,3-5H2,1-2H3,(H,53,54)/t6-,7-,8+,9+,10+,11-,12-,13+,14-,15-,16-,17+,18+,19+,20-,21+,22-,23+,24+,25+,26-,27-,28-,29-,31+,32-,33-,34+,35+,36-/m0/s1. The van der Waals surface area contributed by atoms with Crippen molar-refractivity contribution in [2.45, 2.75) is 198 Å². The number of carbonyl (C=O) groups is 1. The third kappa shape index (κ3) is 10.7. The Kier molecular flexibility index (Phi) is 18.1. The fourth-order valence-corrected chi connectivity index (χ4v) is 8.41. The first kappa shape index (κ1) is 53.7. The Bertz CT molecular complexity index is 1550. The van der Waals surface area contributed by atoms with Gasteiger partial charge in [-0.1, -0.05) is 0 Å².